The molecule has 0 aliphatic rings. The smallest absolute Gasteiger partial charge is 0.253 e. The zero-order valence-corrected chi connectivity index (χ0v) is 12.5. The summed E-state index contributed by atoms with van der Waals surface area (Å²) in [6, 6.07) is 7.32. The summed E-state index contributed by atoms with van der Waals surface area (Å²) in [5.74, 6) is 6.34. The molecule has 3 heteroatoms. The number of benzene rings is 1. The van der Waals surface area contributed by atoms with Gasteiger partial charge in [-0.15, -0.1) is 0 Å². The van der Waals surface area contributed by atoms with Crippen LogP contribution < -0.4 is 0 Å². The van der Waals surface area contributed by atoms with Crippen LogP contribution in [0, 0.1) is 17.8 Å². The number of hydrogen-bond donors (Lipinski definition) is 1. The molecule has 0 saturated heterocycles. The standard InChI is InChI=1S/C17H23NO2/c1-4-18(13-14(2)3)17(20)16-10-8-15(9-11-16)7-5-6-12-19/h8-11,14,19H,4,6,12-13H2,1-3H3. The zero-order valence-electron chi connectivity index (χ0n) is 12.5. The Bertz CT molecular complexity index is 480. The first-order valence-electron chi connectivity index (χ1n) is 7.07. The lowest BCUT2D eigenvalue weighted by molar-refractivity contribution is 0.0746. The van der Waals surface area contributed by atoms with Gasteiger partial charge in [-0.1, -0.05) is 25.7 Å². The summed E-state index contributed by atoms with van der Waals surface area (Å²) in [6.45, 7) is 7.77. The van der Waals surface area contributed by atoms with Crippen LogP contribution in [0.1, 0.15) is 43.1 Å². The van der Waals surface area contributed by atoms with Crippen molar-refractivity contribution in [2.24, 2.45) is 5.92 Å². The van der Waals surface area contributed by atoms with E-state index in [2.05, 4.69) is 25.7 Å². The summed E-state index contributed by atoms with van der Waals surface area (Å²) in [4.78, 5) is 14.2. The topological polar surface area (TPSA) is 40.5 Å². The van der Waals surface area contributed by atoms with Crippen LogP contribution in [-0.2, 0) is 0 Å². The van der Waals surface area contributed by atoms with Crippen molar-refractivity contribution in [1.29, 1.82) is 0 Å². The molecule has 0 bridgehead atoms. The average molecular weight is 273 g/mol. The van der Waals surface area contributed by atoms with Crippen LogP contribution in [0.4, 0.5) is 0 Å². The van der Waals surface area contributed by atoms with Crippen LogP contribution in [0.15, 0.2) is 24.3 Å². The van der Waals surface area contributed by atoms with Crippen LogP contribution in [0.2, 0.25) is 0 Å². The molecular formula is C17H23NO2. The fraction of sp³-hybridized carbons (Fsp3) is 0.471. The Hall–Kier alpha value is -1.79. The first-order valence-corrected chi connectivity index (χ1v) is 7.07. The molecule has 0 saturated carbocycles. The predicted octanol–water partition coefficient (Wildman–Crippen LogP) is 2.54. The van der Waals surface area contributed by atoms with Gasteiger partial charge in [0.15, 0.2) is 0 Å². The van der Waals surface area contributed by atoms with E-state index in [0.29, 0.717) is 17.9 Å². The summed E-state index contributed by atoms with van der Waals surface area (Å²) in [5, 5.41) is 8.67. The molecule has 0 spiro atoms. The van der Waals surface area contributed by atoms with E-state index in [1.54, 1.807) is 0 Å². The highest BCUT2D eigenvalue weighted by atomic mass is 16.2. The summed E-state index contributed by atoms with van der Waals surface area (Å²) in [7, 11) is 0. The molecule has 1 amide bonds. The second-order valence-corrected chi connectivity index (χ2v) is 5.09. The Kier molecular flexibility index (Phi) is 6.83. The van der Waals surface area contributed by atoms with Gasteiger partial charge in [0.25, 0.3) is 5.91 Å². The quantitative estimate of drug-likeness (QED) is 0.838. The molecule has 0 radical (unpaired) electrons. The number of hydrogen-bond acceptors (Lipinski definition) is 2. The van der Waals surface area contributed by atoms with Crippen LogP contribution >= 0.6 is 0 Å². The molecule has 108 valence electrons. The van der Waals surface area contributed by atoms with Crippen molar-refractivity contribution >= 4 is 5.91 Å². The summed E-state index contributed by atoms with van der Waals surface area (Å²) in [6.07, 6.45) is 0.471. The number of carbonyl (C=O) groups excluding carboxylic acids is 1. The Morgan fingerprint density at radius 3 is 2.45 bits per heavy atom. The van der Waals surface area contributed by atoms with Crippen LogP contribution in [0.3, 0.4) is 0 Å². The van der Waals surface area contributed by atoms with Gasteiger partial charge in [0, 0.05) is 30.6 Å². The SMILES string of the molecule is CCN(CC(C)C)C(=O)c1ccc(C#CCCO)cc1. The monoisotopic (exact) mass is 273 g/mol. The van der Waals surface area contributed by atoms with E-state index in [9.17, 15) is 4.79 Å². The first-order chi connectivity index (χ1) is 9.58. The van der Waals surface area contributed by atoms with E-state index in [-0.39, 0.29) is 12.5 Å². The summed E-state index contributed by atoms with van der Waals surface area (Å²) < 4.78 is 0. The first kappa shape index (κ1) is 16.3. The zero-order chi connectivity index (χ0) is 15.0. The molecule has 20 heavy (non-hydrogen) atoms. The molecular weight excluding hydrogens is 250 g/mol. The molecule has 0 fully saturated rings. The second kappa shape index (κ2) is 8.39. The number of aliphatic hydroxyl groups is 1. The van der Waals surface area contributed by atoms with Gasteiger partial charge in [-0.2, -0.15) is 0 Å². The van der Waals surface area contributed by atoms with Gasteiger partial charge in [-0.3, -0.25) is 4.79 Å². The van der Waals surface area contributed by atoms with Crippen molar-refractivity contribution in [3.63, 3.8) is 0 Å². The van der Waals surface area contributed by atoms with Crippen LogP contribution in [0.25, 0.3) is 0 Å². The molecule has 0 unspecified atom stereocenters. The van der Waals surface area contributed by atoms with Crippen molar-refractivity contribution in [1.82, 2.24) is 4.90 Å². The Morgan fingerprint density at radius 1 is 1.30 bits per heavy atom. The van der Waals surface area contributed by atoms with E-state index < -0.39 is 0 Å². The lowest BCUT2D eigenvalue weighted by atomic mass is 10.1. The molecule has 0 aliphatic carbocycles. The highest BCUT2D eigenvalue weighted by molar-refractivity contribution is 5.94. The molecule has 0 aromatic heterocycles. The fourth-order valence-corrected chi connectivity index (χ4v) is 1.90. The molecule has 0 heterocycles. The molecule has 0 aliphatic heterocycles. The average Bonchev–Trinajstić information content (AvgIpc) is 2.45. The van der Waals surface area contributed by atoms with Crippen molar-refractivity contribution < 1.29 is 9.90 Å². The van der Waals surface area contributed by atoms with E-state index in [4.69, 9.17) is 5.11 Å². The van der Waals surface area contributed by atoms with Crippen molar-refractivity contribution in [2.45, 2.75) is 27.2 Å². The highest BCUT2D eigenvalue weighted by Gasteiger charge is 2.14. The van der Waals surface area contributed by atoms with Crippen molar-refractivity contribution in [3.8, 4) is 11.8 Å². The molecule has 1 N–H and O–H groups in total. The van der Waals surface area contributed by atoms with Gasteiger partial charge in [0.2, 0.25) is 0 Å². The summed E-state index contributed by atoms with van der Waals surface area (Å²) >= 11 is 0. The van der Waals surface area contributed by atoms with Gasteiger partial charge >= 0.3 is 0 Å². The largest absolute Gasteiger partial charge is 0.395 e. The minimum atomic E-state index is 0.0658. The lowest BCUT2D eigenvalue weighted by Gasteiger charge is -2.23. The third kappa shape index (κ3) is 5.07. The minimum absolute atomic E-state index is 0.0658. The van der Waals surface area contributed by atoms with Gasteiger partial charge in [-0.25, -0.2) is 0 Å². The van der Waals surface area contributed by atoms with Crippen molar-refractivity contribution in [3.05, 3.63) is 35.4 Å². The van der Waals surface area contributed by atoms with Crippen molar-refractivity contribution in [2.75, 3.05) is 19.7 Å². The number of nitrogens with zero attached hydrogens (tertiary/aromatic N) is 1. The fourth-order valence-electron chi connectivity index (χ4n) is 1.90. The predicted molar refractivity (Wildman–Crippen MR) is 81.4 cm³/mol. The Morgan fingerprint density at radius 2 is 1.95 bits per heavy atom. The van der Waals surface area contributed by atoms with Crippen LogP contribution in [-0.4, -0.2) is 35.6 Å². The van der Waals surface area contributed by atoms with Gasteiger partial charge in [0.05, 0.1) is 6.61 Å². The van der Waals surface area contributed by atoms with E-state index in [1.165, 1.54) is 0 Å². The van der Waals surface area contributed by atoms with Gasteiger partial charge in [-0.05, 0) is 37.1 Å². The third-order valence-corrected chi connectivity index (χ3v) is 2.86. The maximum atomic E-state index is 12.3. The van der Waals surface area contributed by atoms with E-state index in [0.717, 1.165) is 18.7 Å². The number of aliphatic hydroxyl groups excluding tert-OH is 1. The summed E-state index contributed by atoms with van der Waals surface area (Å²) in [5.41, 5.74) is 1.56. The molecule has 3 nitrogen and oxygen atoms in total. The van der Waals surface area contributed by atoms with Crippen LogP contribution in [0.5, 0.6) is 0 Å². The maximum absolute atomic E-state index is 12.3. The minimum Gasteiger partial charge on any atom is -0.395 e. The Balaban J connectivity index is 2.77. The lowest BCUT2D eigenvalue weighted by Crippen LogP contribution is -2.33. The Labute approximate surface area is 121 Å². The van der Waals surface area contributed by atoms with Gasteiger partial charge < -0.3 is 10.0 Å². The number of amides is 1. The number of carbonyl (C=O) groups is 1. The molecule has 1 rings (SSSR count). The highest BCUT2D eigenvalue weighted by Crippen LogP contribution is 2.09. The molecule has 1 aromatic rings. The number of rotatable bonds is 5. The maximum Gasteiger partial charge on any atom is 0.253 e. The van der Waals surface area contributed by atoms with Gasteiger partial charge in [0.1, 0.15) is 0 Å². The van der Waals surface area contributed by atoms with E-state index in [1.807, 2.05) is 36.1 Å². The second-order valence-electron chi connectivity index (χ2n) is 5.09. The van der Waals surface area contributed by atoms with E-state index >= 15 is 0 Å². The normalized spacial score (nSPS) is 10.1. The third-order valence-electron chi connectivity index (χ3n) is 2.86. The molecule has 0 atom stereocenters. The molecule has 1 aromatic carbocycles.